The third kappa shape index (κ3) is 7.55. The lowest BCUT2D eigenvalue weighted by atomic mass is 9.95. The summed E-state index contributed by atoms with van der Waals surface area (Å²) in [7, 11) is 0. The second-order valence-corrected chi connectivity index (χ2v) is 8.81. The molecule has 176 valence electrons. The molecule has 3 amide bonds. The number of benzene rings is 1. The molecule has 3 N–H and O–H groups in total. The molecule has 2 rings (SSSR count). The molecule has 0 bridgehead atoms. The van der Waals surface area contributed by atoms with E-state index in [0.29, 0.717) is 31.1 Å². The van der Waals surface area contributed by atoms with E-state index in [4.69, 9.17) is 4.74 Å². The highest BCUT2D eigenvalue weighted by molar-refractivity contribution is 5.95. The van der Waals surface area contributed by atoms with Gasteiger partial charge in [-0.05, 0) is 24.6 Å². The van der Waals surface area contributed by atoms with Crippen LogP contribution < -0.4 is 16.0 Å². The van der Waals surface area contributed by atoms with Crippen LogP contribution in [0.3, 0.4) is 0 Å². The molecule has 0 aromatic heterocycles. The molecule has 0 saturated carbocycles. The third-order valence-electron chi connectivity index (χ3n) is 5.02. The molecule has 1 unspecified atom stereocenters. The minimum atomic E-state index is -0.885. The van der Waals surface area contributed by atoms with Crippen LogP contribution in [-0.2, 0) is 23.9 Å². The van der Waals surface area contributed by atoms with Gasteiger partial charge in [-0.2, -0.15) is 0 Å². The zero-order valence-electron chi connectivity index (χ0n) is 19.3. The van der Waals surface area contributed by atoms with Crippen molar-refractivity contribution in [3.8, 4) is 0 Å². The SMILES string of the molecule is CCCCOC(=O)CC1C(=O)NCCN1C(=O)CNc1cccc(NC(=O)C(C)(C)C)c1. The van der Waals surface area contributed by atoms with E-state index >= 15 is 0 Å². The van der Waals surface area contributed by atoms with Crippen molar-refractivity contribution in [2.24, 2.45) is 5.41 Å². The van der Waals surface area contributed by atoms with Gasteiger partial charge in [0.1, 0.15) is 6.04 Å². The lowest BCUT2D eigenvalue weighted by Gasteiger charge is -2.34. The standard InChI is InChI=1S/C23H34N4O5/c1-5-6-12-32-20(29)14-18-21(30)24-10-11-27(18)19(28)15-25-16-8-7-9-17(13-16)26-22(31)23(2,3)4/h7-9,13,18,25H,5-6,10-12,14-15H2,1-4H3,(H,24,30)(H,26,31). The van der Waals surface area contributed by atoms with Gasteiger partial charge in [-0.15, -0.1) is 0 Å². The molecular formula is C23H34N4O5. The number of carbonyl (C=O) groups is 4. The van der Waals surface area contributed by atoms with Crippen LogP contribution in [0.15, 0.2) is 24.3 Å². The van der Waals surface area contributed by atoms with Crippen molar-refractivity contribution in [1.29, 1.82) is 0 Å². The van der Waals surface area contributed by atoms with Gasteiger partial charge in [0, 0.05) is 29.9 Å². The Kier molecular flexibility index (Phi) is 9.04. The van der Waals surface area contributed by atoms with Crippen LogP contribution in [0, 0.1) is 5.41 Å². The first-order valence-electron chi connectivity index (χ1n) is 11.0. The zero-order chi connectivity index (χ0) is 23.7. The van der Waals surface area contributed by atoms with E-state index < -0.39 is 17.4 Å². The quantitative estimate of drug-likeness (QED) is 0.395. The molecule has 9 heteroatoms. The van der Waals surface area contributed by atoms with Crippen LogP contribution in [0.2, 0.25) is 0 Å². The fraction of sp³-hybridized carbons (Fsp3) is 0.565. The van der Waals surface area contributed by atoms with Crippen LogP contribution in [0.5, 0.6) is 0 Å². The van der Waals surface area contributed by atoms with Gasteiger partial charge in [-0.1, -0.05) is 40.2 Å². The van der Waals surface area contributed by atoms with Crippen molar-refractivity contribution in [3.05, 3.63) is 24.3 Å². The van der Waals surface area contributed by atoms with Crippen molar-refractivity contribution in [3.63, 3.8) is 0 Å². The highest BCUT2D eigenvalue weighted by Crippen LogP contribution is 2.20. The highest BCUT2D eigenvalue weighted by Gasteiger charge is 2.35. The molecule has 1 atom stereocenters. The molecule has 1 aliphatic heterocycles. The zero-order valence-corrected chi connectivity index (χ0v) is 19.3. The Morgan fingerprint density at radius 1 is 1.22 bits per heavy atom. The Labute approximate surface area is 189 Å². The number of nitrogens with one attached hydrogen (secondary N) is 3. The van der Waals surface area contributed by atoms with Gasteiger partial charge in [0.05, 0.1) is 19.6 Å². The van der Waals surface area contributed by atoms with Crippen LogP contribution in [0.25, 0.3) is 0 Å². The summed E-state index contributed by atoms with van der Waals surface area (Å²) in [5.74, 6) is -1.26. The Morgan fingerprint density at radius 3 is 2.62 bits per heavy atom. The topological polar surface area (TPSA) is 117 Å². The van der Waals surface area contributed by atoms with Crippen molar-refractivity contribution < 1.29 is 23.9 Å². The number of carbonyl (C=O) groups excluding carboxylic acids is 4. The van der Waals surface area contributed by atoms with E-state index in [9.17, 15) is 19.2 Å². The molecule has 32 heavy (non-hydrogen) atoms. The van der Waals surface area contributed by atoms with Gasteiger partial charge >= 0.3 is 5.97 Å². The van der Waals surface area contributed by atoms with Crippen molar-refractivity contribution in [2.45, 2.75) is 53.0 Å². The van der Waals surface area contributed by atoms with E-state index in [1.807, 2.05) is 27.7 Å². The molecule has 1 fully saturated rings. The summed E-state index contributed by atoms with van der Waals surface area (Å²) in [6.45, 7) is 8.38. The van der Waals surface area contributed by atoms with E-state index in [2.05, 4.69) is 16.0 Å². The first-order valence-corrected chi connectivity index (χ1v) is 11.0. The normalized spacial score (nSPS) is 16.2. The fourth-order valence-corrected chi connectivity index (χ4v) is 3.07. The van der Waals surface area contributed by atoms with Gasteiger partial charge in [0.25, 0.3) is 0 Å². The Hall–Kier alpha value is -3.10. The second-order valence-electron chi connectivity index (χ2n) is 8.81. The van der Waals surface area contributed by atoms with Crippen LogP contribution >= 0.6 is 0 Å². The average Bonchev–Trinajstić information content (AvgIpc) is 2.73. The number of hydrogen-bond donors (Lipinski definition) is 3. The summed E-state index contributed by atoms with van der Waals surface area (Å²) < 4.78 is 5.15. The number of rotatable bonds is 9. The maximum absolute atomic E-state index is 12.8. The minimum Gasteiger partial charge on any atom is -0.466 e. The van der Waals surface area contributed by atoms with Crippen LogP contribution in [0.4, 0.5) is 11.4 Å². The number of ether oxygens (including phenoxy) is 1. The summed E-state index contributed by atoms with van der Waals surface area (Å²) in [4.78, 5) is 50.8. The number of nitrogens with zero attached hydrogens (tertiary/aromatic N) is 1. The fourth-order valence-electron chi connectivity index (χ4n) is 3.07. The monoisotopic (exact) mass is 446 g/mol. The summed E-state index contributed by atoms with van der Waals surface area (Å²) in [6.07, 6.45) is 1.48. The van der Waals surface area contributed by atoms with Gasteiger partial charge in [-0.3, -0.25) is 19.2 Å². The number of piperazine rings is 1. The van der Waals surface area contributed by atoms with E-state index in [1.54, 1.807) is 24.3 Å². The highest BCUT2D eigenvalue weighted by atomic mass is 16.5. The molecular weight excluding hydrogens is 412 g/mol. The molecule has 1 saturated heterocycles. The molecule has 0 aliphatic carbocycles. The number of esters is 1. The summed E-state index contributed by atoms with van der Waals surface area (Å²) >= 11 is 0. The average molecular weight is 447 g/mol. The number of unbranched alkanes of at least 4 members (excludes halogenated alkanes) is 1. The summed E-state index contributed by atoms with van der Waals surface area (Å²) in [5, 5.41) is 8.58. The first kappa shape index (κ1) is 25.2. The Bertz CT molecular complexity index is 834. The maximum Gasteiger partial charge on any atom is 0.308 e. The largest absolute Gasteiger partial charge is 0.466 e. The van der Waals surface area contributed by atoms with Gasteiger partial charge in [0.2, 0.25) is 17.7 Å². The lowest BCUT2D eigenvalue weighted by Crippen LogP contribution is -2.58. The smallest absolute Gasteiger partial charge is 0.308 e. The number of hydrogen-bond acceptors (Lipinski definition) is 6. The first-order chi connectivity index (χ1) is 15.1. The summed E-state index contributed by atoms with van der Waals surface area (Å²) in [6, 6.07) is 6.18. The molecule has 1 aromatic rings. The maximum atomic E-state index is 12.8. The van der Waals surface area contributed by atoms with Gasteiger partial charge < -0.3 is 25.6 Å². The molecule has 1 aliphatic rings. The van der Waals surface area contributed by atoms with Crippen molar-refractivity contribution in [1.82, 2.24) is 10.2 Å². The van der Waals surface area contributed by atoms with Crippen LogP contribution in [-0.4, -0.2) is 60.9 Å². The van der Waals surface area contributed by atoms with Crippen molar-refractivity contribution in [2.75, 3.05) is 36.9 Å². The van der Waals surface area contributed by atoms with E-state index in [0.717, 1.165) is 12.8 Å². The third-order valence-corrected chi connectivity index (χ3v) is 5.02. The van der Waals surface area contributed by atoms with Crippen molar-refractivity contribution >= 4 is 35.1 Å². The predicted octanol–water partition coefficient (Wildman–Crippen LogP) is 2.14. The second kappa shape index (κ2) is 11.5. The molecule has 9 nitrogen and oxygen atoms in total. The van der Waals surface area contributed by atoms with E-state index in [-0.39, 0.29) is 30.7 Å². The molecule has 0 spiro atoms. The molecule has 1 aromatic carbocycles. The molecule has 1 heterocycles. The van der Waals surface area contributed by atoms with Gasteiger partial charge in [0.15, 0.2) is 0 Å². The Morgan fingerprint density at radius 2 is 1.94 bits per heavy atom. The predicted molar refractivity (Wildman–Crippen MR) is 122 cm³/mol. The van der Waals surface area contributed by atoms with E-state index in [1.165, 1.54) is 4.90 Å². The number of anilines is 2. The molecule has 0 radical (unpaired) electrons. The number of amides is 3. The lowest BCUT2D eigenvalue weighted by molar-refractivity contribution is -0.151. The summed E-state index contributed by atoms with van der Waals surface area (Å²) in [5.41, 5.74) is 0.746. The van der Waals surface area contributed by atoms with Gasteiger partial charge in [-0.25, -0.2) is 0 Å². The van der Waals surface area contributed by atoms with Crippen LogP contribution in [0.1, 0.15) is 47.0 Å². The minimum absolute atomic E-state index is 0.0503. The Balaban J connectivity index is 1.96.